The zero-order valence-electron chi connectivity index (χ0n) is 23.2. The van der Waals surface area contributed by atoms with Crippen LogP contribution < -0.4 is 10.6 Å². The molecule has 0 unspecified atom stereocenters. The van der Waals surface area contributed by atoms with Gasteiger partial charge < -0.3 is 20.1 Å². The molecule has 1 saturated heterocycles. The summed E-state index contributed by atoms with van der Waals surface area (Å²) in [6.07, 6.45) is 2.13. The predicted molar refractivity (Wildman–Crippen MR) is 161 cm³/mol. The molecule has 5 rings (SSSR count). The van der Waals surface area contributed by atoms with Gasteiger partial charge in [0, 0.05) is 41.9 Å². The van der Waals surface area contributed by atoms with E-state index in [9.17, 15) is 4.79 Å². The van der Waals surface area contributed by atoms with Gasteiger partial charge in [-0.15, -0.1) is 0 Å². The number of carbonyl (C=O) groups is 1. The molecule has 2 N–H and O–H groups in total. The molecule has 200 valence electrons. The molecule has 1 aliphatic heterocycles. The number of benzene rings is 2. The molecule has 1 aliphatic rings. The maximum absolute atomic E-state index is 12.9. The van der Waals surface area contributed by atoms with Gasteiger partial charge in [-0.05, 0) is 112 Å². The summed E-state index contributed by atoms with van der Waals surface area (Å²) in [4.78, 5) is 19.8. The van der Waals surface area contributed by atoms with Gasteiger partial charge in [0.25, 0.3) is 0 Å². The van der Waals surface area contributed by atoms with E-state index >= 15 is 0 Å². The fourth-order valence-electron chi connectivity index (χ4n) is 5.72. The van der Waals surface area contributed by atoms with E-state index in [2.05, 4.69) is 77.0 Å². The zero-order chi connectivity index (χ0) is 27.7. The van der Waals surface area contributed by atoms with E-state index in [1.54, 1.807) is 0 Å². The lowest BCUT2D eigenvalue weighted by Gasteiger charge is -2.28. The van der Waals surface area contributed by atoms with Crippen molar-refractivity contribution in [2.24, 2.45) is 0 Å². The summed E-state index contributed by atoms with van der Waals surface area (Å²) in [7, 11) is 0. The second-order valence-electron chi connectivity index (χ2n) is 10.5. The van der Waals surface area contributed by atoms with Crippen molar-refractivity contribution < 1.29 is 4.79 Å². The van der Waals surface area contributed by atoms with Crippen molar-refractivity contribution >= 4 is 28.9 Å². The Balaban J connectivity index is 1.48. The van der Waals surface area contributed by atoms with E-state index in [4.69, 9.17) is 12.2 Å². The first-order chi connectivity index (χ1) is 18.7. The number of hydrogen-bond acceptors (Lipinski definition) is 3. The minimum Gasteiger partial charge on any atom is -0.352 e. The van der Waals surface area contributed by atoms with Crippen LogP contribution in [0.2, 0.25) is 0 Å². The predicted octanol–water partition coefficient (Wildman–Crippen LogP) is 6.42. The molecule has 2 aromatic carbocycles. The Labute approximate surface area is 236 Å². The lowest BCUT2D eigenvalue weighted by atomic mass is 9.96. The highest BCUT2D eigenvalue weighted by Crippen LogP contribution is 2.41. The van der Waals surface area contributed by atoms with Crippen molar-refractivity contribution in [2.45, 2.75) is 53.1 Å². The Morgan fingerprint density at radius 2 is 1.72 bits per heavy atom. The first-order valence-electron chi connectivity index (χ1n) is 13.3. The van der Waals surface area contributed by atoms with Gasteiger partial charge in [-0.2, -0.15) is 0 Å². The molecule has 3 heterocycles. The van der Waals surface area contributed by atoms with Gasteiger partial charge in [0.15, 0.2) is 5.11 Å². The fraction of sp³-hybridized carbons (Fsp3) is 0.281. The standard InChI is InChI=1S/C32H35N5OS/c1-20-9-8-10-25(16-20)34-29(38)12-14-36-31(30(35-32(36)39)28-11-6-7-13-33-28)27-19-23(4)37(24(27)5)26-17-21(2)15-22(3)18-26/h6-11,13,15-19,30-31H,12,14H2,1-5H3,(H,34,38)(H,35,39)/t30-,31+/m0/s1. The van der Waals surface area contributed by atoms with Crippen molar-refractivity contribution in [1.29, 1.82) is 0 Å². The average Bonchev–Trinajstić information content (AvgIpc) is 3.37. The number of amides is 1. The van der Waals surface area contributed by atoms with Gasteiger partial charge in [-0.25, -0.2) is 0 Å². The topological polar surface area (TPSA) is 62.2 Å². The summed E-state index contributed by atoms with van der Waals surface area (Å²) in [5.41, 5.74) is 9.94. The highest BCUT2D eigenvalue weighted by atomic mass is 32.1. The third kappa shape index (κ3) is 5.59. The number of thiocarbonyl (C=S) groups is 1. The molecule has 2 atom stereocenters. The minimum atomic E-state index is -0.133. The van der Waals surface area contributed by atoms with Gasteiger partial charge in [-0.3, -0.25) is 9.78 Å². The van der Waals surface area contributed by atoms with Crippen molar-refractivity contribution in [3.63, 3.8) is 0 Å². The van der Waals surface area contributed by atoms with Crippen LogP contribution in [0.25, 0.3) is 5.69 Å². The fourth-order valence-corrected chi connectivity index (χ4v) is 6.05. The van der Waals surface area contributed by atoms with E-state index in [0.717, 1.165) is 34.0 Å². The summed E-state index contributed by atoms with van der Waals surface area (Å²) in [5, 5.41) is 7.18. The summed E-state index contributed by atoms with van der Waals surface area (Å²) >= 11 is 5.85. The van der Waals surface area contributed by atoms with E-state index in [1.807, 2.05) is 55.6 Å². The van der Waals surface area contributed by atoms with Crippen LogP contribution in [0.1, 0.15) is 57.8 Å². The van der Waals surface area contributed by atoms with E-state index in [1.165, 1.54) is 16.7 Å². The SMILES string of the molecule is Cc1cccc(NC(=O)CCN2C(=S)N[C@@H](c3ccccn3)[C@H]2c2cc(C)n(-c3cc(C)cc(C)c3)c2C)c1. The molecule has 1 fully saturated rings. The first-order valence-corrected chi connectivity index (χ1v) is 13.7. The third-order valence-corrected chi connectivity index (χ3v) is 7.69. The van der Waals surface area contributed by atoms with Crippen LogP contribution in [0.3, 0.4) is 0 Å². The third-order valence-electron chi connectivity index (χ3n) is 7.33. The molecule has 39 heavy (non-hydrogen) atoms. The Morgan fingerprint density at radius 1 is 0.949 bits per heavy atom. The largest absolute Gasteiger partial charge is 0.352 e. The molecule has 0 bridgehead atoms. The number of anilines is 1. The number of aryl methyl sites for hydroxylation is 4. The molecule has 2 aromatic heterocycles. The van der Waals surface area contributed by atoms with Crippen molar-refractivity contribution in [3.05, 3.63) is 112 Å². The number of nitrogens with one attached hydrogen (secondary N) is 2. The van der Waals surface area contributed by atoms with Crippen LogP contribution in [0, 0.1) is 34.6 Å². The molecule has 0 spiro atoms. The number of hydrogen-bond donors (Lipinski definition) is 2. The molecule has 6 nitrogen and oxygen atoms in total. The van der Waals surface area contributed by atoms with Gasteiger partial charge in [0.1, 0.15) is 0 Å². The lowest BCUT2D eigenvalue weighted by Crippen LogP contribution is -2.32. The Hall–Kier alpha value is -3.97. The molecule has 7 heteroatoms. The van der Waals surface area contributed by atoms with Crippen molar-refractivity contribution in [3.8, 4) is 5.69 Å². The Kier molecular flexibility index (Phi) is 7.53. The highest BCUT2D eigenvalue weighted by molar-refractivity contribution is 7.80. The van der Waals surface area contributed by atoms with Crippen LogP contribution in [0.4, 0.5) is 5.69 Å². The van der Waals surface area contributed by atoms with Crippen LogP contribution in [-0.4, -0.2) is 32.0 Å². The zero-order valence-corrected chi connectivity index (χ0v) is 24.0. The molecule has 0 saturated carbocycles. The quantitative estimate of drug-likeness (QED) is 0.267. The van der Waals surface area contributed by atoms with E-state index < -0.39 is 0 Å². The Bertz CT molecular complexity index is 1510. The maximum atomic E-state index is 12.9. The molecule has 4 aromatic rings. The van der Waals surface area contributed by atoms with Gasteiger partial charge >= 0.3 is 0 Å². The minimum absolute atomic E-state index is 0.0378. The van der Waals surface area contributed by atoms with Crippen molar-refractivity contribution in [2.75, 3.05) is 11.9 Å². The Morgan fingerprint density at radius 3 is 2.41 bits per heavy atom. The second kappa shape index (κ2) is 11.0. The number of carbonyl (C=O) groups excluding carboxylic acids is 1. The van der Waals surface area contributed by atoms with Crippen LogP contribution in [-0.2, 0) is 4.79 Å². The van der Waals surface area contributed by atoms with Crippen LogP contribution in [0.5, 0.6) is 0 Å². The van der Waals surface area contributed by atoms with E-state index in [0.29, 0.717) is 18.1 Å². The average molecular weight is 538 g/mol. The first kappa shape index (κ1) is 26.6. The smallest absolute Gasteiger partial charge is 0.226 e. The van der Waals surface area contributed by atoms with Gasteiger partial charge in [0.05, 0.1) is 17.8 Å². The lowest BCUT2D eigenvalue weighted by molar-refractivity contribution is -0.116. The number of pyridine rings is 1. The maximum Gasteiger partial charge on any atom is 0.226 e. The summed E-state index contributed by atoms with van der Waals surface area (Å²) in [6.45, 7) is 11.1. The molecule has 1 amide bonds. The normalized spacial score (nSPS) is 16.8. The summed E-state index contributed by atoms with van der Waals surface area (Å²) in [6, 6.07) is 22.4. The number of aromatic nitrogens is 2. The monoisotopic (exact) mass is 537 g/mol. The van der Waals surface area contributed by atoms with Gasteiger partial charge in [0.2, 0.25) is 5.91 Å². The van der Waals surface area contributed by atoms with E-state index in [-0.39, 0.29) is 18.0 Å². The molecular formula is C32H35N5OS. The second-order valence-corrected chi connectivity index (χ2v) is 10.9. The molecule has 0 radical (unpaired) electrons. The molecule has 0 aliphatic carbocycles. The van der Waals surface area contributed by atoms with Crippen LogP contribution in [0.15, 0.2) is 72.9 Å². The van der Waals surface area contributed by atoms with Crippen molar-refractivity contribution in [1.82, 2.24) is 19.8 Å². The summed E-state index contributed by atoms with van der Waals surface area (Å²) < 4.78 is 2.31. The number of nitrogens with zero attached hydrogens (tertiary/aromatic N) is 3. The summed E-state index contributed by atoms with van der Waals surface area (Å²) in [5.74, 6) is -0.0378. The van der Waals surface area contributed by atoms with Gasteiger partial charge in [-0.1, -0.05) is 24.3 Å². The highest BCUT2D eigenvalue weighted by Gasteiger charge is 2.41. The molecular weight excluding hydrogens is 502 g/mol. The number of rotatable bonds is 7. The van der Waals surface area contributed by atoms with Crippen LogP contribution >= 0.6 is 12.2 Å².